The molecule has 2 aromatic rings. The van der Waals surface area contributed by atoms with Crippen LogP contribution in [0.15, 0.2) is 67.0 Å². The maximum absolute atomic E-state index is 12.0. The quantitative estimate of drug-likeness (QED) is 0.378. The third-order valence-corrected chi connectivity index (χ3v) is 6.29. The van der Waals surface area contributed by atoms with Crippen molar-refractivity contribution in [3.05, 3.63) is 72.7 Å². The minimum absolute atomic E-state index is 0.0913. The first kappa shape index (κ1) is 26.1. The van der Waals surface area contributed by atoms with Crippen LogP contribution >= 0.6 is 0 Å². The lowest BCUT2D eigenvalue weighted by Crippen LogP contribution is -2.45. The summed E-state index contributed by atoms with van der Waals surface area (Å²) in [5.41, 5.74) is 3.79. The molecular formula is C28H34N6O3. The van der Waals surface area contributed by atoms with Gasteiger partial charge in [0.15, 0.2) is 0 Å². The maximum atomic E-state index is 12.0. The normalized spacial score (nSPS) is 18.5. The fourth-order valence-corrected chi connectivity index (χ4v) is 4.27. The molecule has 0 radical (unpaired) electrons. The Kier molecular flexibility index (Phi) is 9.42. The number of nitrogens with zero attached hydrogens (tertiary/aromatic N) is 4. The van der Waals surface area contributed by atoms with Crippen LogP contribution < -0.4 is 15.5 Å². The number of hydrogen-bond donors (Lipinski definition) is 2. The maximum Gasteiger partial charge on any atom is 0.253 e. The first-order valence-electron chi connectivity index (χ1n) is 12.7. The van der Waals surface area contributed by atoms with Crippen molar-refractivity contribution in [1.29, 1.82) is 0 Å². The summed E-state index contributed by atoms with van der Waals surface area (Å²) in [7, 11) is 0. The van der Waals surface area contributed by atoms with Gasteiger partial charge in [0.2, 0.25) is 12.4 Å². The molecule has 0 aliphatic carbocycles. The Balaban J connectivity index is 1.34. The Morgan fingerprint density at radius 1 is 1.16 bits per heavy atom. The van der Waals surface area contributed by atoms with Gasteiger partial charge in [0, 0.05) is 56.6 Å². The highest BCUT2D eigenvalue weighted by Crippen LogP contribution is 2.22. The molecule has 194 valence electrons. The van der Waals surface area contributed by atoms with Crippen LogP contribution in [0.25, 0.3) is 5.57 Å². The van der Waals surface area contributed by atoms with E-state index in [1.165, 1.54) is 0 Å². The molecule has 1 atom stereocenters. The van der Waals surface area contributed by atoms with E-state index >= 15 is 0 Å². The molecule has 0 spiro atoms. The Labute approximate surface area is 217 Å². The van der Waals surface area contributed by atoms with E-state index in [0.29, 0.717) is 19.0 Å². The number of rotatable bonds is 10. The molecule has 2 aliphatic heterocycles. The van der Waals surface area contributed by atoms with Gasteiger partial charge < -0.3 is 25.2 Å². The van der Waals surface area contributed by atoms with Gasteiger partial charge in [0.1, 0.15) is 6.10 Å². The van der Waals surface area contributed by atoms with Crippen LogP contribution in [0.4, 0.5) is 17.3 Å². The van der Waals surface area contributed by atoms with Crippen molar-refractivity contribution < 1.29 is 14.3 Å². The summed E-state index contributed by atoms with van der Waals surface area (Å²) < 4.78 is 5.39. The number of carbonyl (C=O) groups excluding carboxylic acids is 2. The number of anilines is 3. The van der Waals surface area contributed by atoms with Gasteiger partial charge in [0.25, 0.3) is 5.91 Å². The fourth-order valence-electron chi connectivity index (χ4n) is 4.27. The van der Waals surface area contributed by atoms with Crippen LogP contribution in [0, 0.1) is 0 Å². The first-order chi connectivity index (χ1) is 18.2. The van der Waals surface area contributed by atoms with Crippen molar-refractivity contribution in [2.24, 2.45) is 0 Å². The number of aromatic nitrogens is 2. The van der Waals surface area contributed by atoms with Crippen molar-refractivity contribution in [1.82, 2.24) is 20.2 Å². The molecule has 9 nitrogen and oxygen atoms in total. The fraction of sp³-hybridized carbons (Fsp3) is 0.357. The zero-order valence-electron chi connectivity index (χ0n) is 21.2. The average molecular weight is 503 g/mol. The second-order valence-corrected chi connectivity index (χ2v) is 8.87. The third-order valence-electron chi connectivity index (χ3n) is 6.29. The second kappa shape index (κ2) is 13.4. The predicted octanol–water partition coefficient (Wildman–Crippen LogP) is 3.66. The third kappa shape index (κ3) is 7.50. The van der Waals surface area contributed by atoms with Gasteiger partial charge in [-0.2, -0.15) is 0 Å². The molecular weight excluding hydrogens is 468 g/mol. The van der Waals surface area contributed by atoms with E-state index in [0.717, 1.165) is 68.1 Å². The van der Waals surface area contributed by atoms with Gasteiger partial charge in [-0.3, -0.25) is 9.59 Å². The molecule has 0 saturated carbocycles. The zero-order valence-corrected chi connectivity index (χ0v) is 21.2. The lowest BCUT2D eigenvalue weighted by molar-refractivity contribution is -0.129. The lowest BCUT2D eigenvalue weighted by atomic mass is 10.1. The SMILES string of the molecule is C/C=C\C(=C/C/C=C\NC(=O)C1CCCO1)c1ccnc(Nc2ccc(N3CCN(C=O)CC3)cc2)n1. The topological polar surface area (TPSA) is 99.7 Å². The molecule has 4 rings (SSSR count). The van der Waals surface area contributed by atoms with Gasteiger partial charge in [-0.25, -0.2) is 9.97 Å². The van der Waals surface area contributed by atoms with Gasteiger partial charge in [-0.05, 0) is 62.1 Å². The van der Waals surface area contributed by atoms with Gasteiger partial charge >= 0.3 is 0 Å². The average Bonchev–Trinajstić information content (AvgIpc) is 3.48. The number of hydrogen-bond acceptors (Lipinski definition) is 7. The minimum Gasteiger partial charge on any atom is -0.368 e. The number of amides is 2. The Hall–Kier alpha value is -3.98. The van der Waals surface area contributed by atoms with Crippen LogP contribution in [0.5, 0.6) is 0 Å². The lowest BCUT2D eigenvalue weighted by Gasteiger charge is -2.34. The van der Waals surface area contributed by atoms with Gasteiger partial charge in [-0.1, -0.05) is 24.3 Å². The summed E-state index contributed by atoms with van der Waals surface area (Å²) in [5, 5.41) is 6.07. The number of carbonyl (C=O) groups is 2. The largest absolute Gasteiger partial charge is 0.368 e. The predicted molar refractivity (Wildman–Crippen MR) is 145 cm³/mol. The molecule has 1 aromatic heterocycles. The Bertz CT molecular complexity index is 1130. The summed E-state index contributed by atoms with van der Waals surface area (Å²) >= 11 is 0. The molecule has 9 heteroatoms. The minimum atomic E-state index is -0.332. The summed E-state index contributed by atoms with van der Waals surface area (Å²) in [4.78, 5) is 36.1. The molecule has 2 aliphatic rings. The van der Waals surface area contributed by atoms with Crippen molar-refractivity contribution in [2.75, 3.05) is 43.0 Å². The Morgan fingerprint density at radius 2 is 1.97 bits per heavy atom. The number of ether oxygens (including phenoxy) is 1. The van der Waals surface area contributed by atoms with E-state index in [1.54, 1.807) is 17.3 Å². The van der Waals surface area contributed by atoms with Crippen molar-refractivity contribution >= 4 is 35.2 Å². The molecule has 2 amide bonds. The monoisotopic (exact) mass is 502 g/mol. The van der Waals surface area contributed by atoms with E-state index in [2.05, 4.69) is 38.7 Å². The number of piperazine rings is 1. The van der Waals surface area contributed by atoms with E-state index in [1.807, 2.05) is 43.4 Å². The molecule has 1 unspecified atom stereocenters. The van der Waals surface area contributed by atoms with E-state index in [9.17, 15) is 9.59 Å². The van der Waals surface area contributed by atoms with Crippen LogP contribution in [0.3, 0.4) is 0 Å². The number of benzene rings is 1. The summed E-state index contributed by atoms with van der Waals surface area (Å²) in [5.74, 6) is 0.422. The van der Waals surface area contributed by atoms with Crippen LogP contribution in [0.2, 0.25) is 0 Å². The highest BCUT2D eigenvalue weighted by molar-refractivity contribution is 5.81. The zero-order chi connectivity index (χ0) is 25.9. The summed E-state index contributed by atoms with van der Waals surface area (Å²) in [6.07, 6.45) is 14.3. The summed E-state index contributed by atoms with van der Waals surface area (Å²) in [6, 6.07) is 10.0. The van der Waals surface area contributed by atoms with Crippen molar-refractivity contribution in [2.45, 2.75) is 32.3 Å². The molecule has 2 fully saturated rings. The van der Waals surface area contributed by atoms with E-state index in [-0.39, 0.29) is 12.0 Å². The van der Waals surface area contributed by atoms with Crippen molar-refractivity contribution in [3.63, 3.8) is 0 Å². The number of nitrogens with one attached hydrogen (secondary N) is 2. The van der Waals surface area contributed by atoms with Gasteiger partial charge in [-0.15, -0.1) is 0 Å². The molecule has 2 N–H and O–H groups in total. The smallest absolute Gasteiger partial charge is 0.253 e. The van der Waals surface area contributed by atoms with Crippen LogP contribution in [0.1, 0.15) is 31.9 Å². The Morgan fingerprint density at radius 3 is 2.68 bits per heavy atom. The molecule has 3 heterocycles. The summed E-state index contributed by atoms with van der Waals surface area (Å²) in [6.45, 7) is 5.75. The molecule has 1 aromatic carbocycles. The first-order valence-corrected chi connectivity index (χ1v) is 12.7. The second-order valence-electron chi connectivity index (χ2n) is 8.87. The molecule has 0 bridgehead atoms. The van der Waals surface area contributed by atoms with Gasteiger partial charge in [0.05, 0.1) is 5.69 Å². The van der Waals surface area contributed by atoms with Crippen LogP contribution in [-0.2, 0) is 14.3 Å². The van der Waals surface area contributed by atoms with E-state index in [4.69, 9.17) is 9.72 Å². The van der Waals surface area contributed by atoms with Crippen LogP contribution in [-0.4, -0.2) is 66.1 Å². The number of allylic oxidation sites excluding steroid dienone is 5. The van der Waals surface area contributed by atoms with E-state index < -0.39 is 0 Å². The highest BCUT2D eigenvalue weighted by Gasteiger charge is 2.22. The molecule has 37 heavy (non-hydrogen) atoms. The molecule has 2 saturated heterocycles. The highest BCUT2D eigenvalue weighted by atomic mass is 16.5. The van der Waals surface area contributed by atoms with Crippen molar-refractivity contribution in [3.8, 4) is 0 Å². The standard InChI is InChI=1S/C28H34N6O3/c1-2-6-22(7-3-4-14-29-27(36)26-8-5-20-37-26)25-13-15-30-28(32-25)31-23-9-11-24(12-10-23)34-18-16-33(21-35)17-19-34/h2,4,6-7,9-15,21,26H,3,5,8,16-20H2,1H3,(H,29,36)(H,30,31,32)/b6-2-,14-4-,22-7+.